The highest BCUT2D eigenvalue weighted by molar-refractivity contribution is 9.10. The summed E-state index contributed by atoms with van der Waals surface area (Å²) in [4.78, 5) is 4.98. The maximum absolute atomic E-state index is 14.1. The molecule has 2 heterocycles. The summed E-state index contributed by atoms with van der Waals surface area (Å²) < 4.78 is 17.2. The molecule has 0 aliphatic carbocycles. The van der Waals surface area contributed by atoms with Crippen LogP contribution in [0, 0.1) is 12.7 Å². The Morgan fingerprint density at radius 3 is 2.77 bits per heavy atom. The molecule has 2 aromatic rings. The molecule has 1 unspecified atom stereocenters. The van der Waals surface area contributed by atoms with Crippen LogP contribution >= 0.6 is 15.9 Å². The molecule has 2 aliphatic rings. The van der Waals surface area contributed by atoms with Crippen LogP contribution in [0.4, 0.5) is 10.1 Å². The van der Waals surface area contributed by atoms with Crippen molar-refractivity contribution in [1.29, 1.82) is 0 Å². The molecular weight excluding hydrogens is 469 g/mol. The molecule has 0 saturated carbocycles. The number of hydrogen-bond acceptors (Lipinski definition) is 4. The molecule has 30 heavy (non-hydrogen) atoms. The van der Waals surface area contributed by atoms with E-state index < -0.39 is 0 Å². The number of nitrogens with two attached hydrogens (primary N) is 1. The lowest BCUT2D eigenvalue weighted by atomic mass is 9.95. The number of halogens is 3. The quantitative estimate of drug-likeness (QED) is 0.619. The third kappa shape index (κ3) is 3.86. The lowest BCUT2D eigenvalue weighted by Crippen LogP contribution is -3.00. The van der Waals surface area contributed by atoms with Gasteiger partial charge in [-0.3, -0.25) is 10.7 Å². The summed E-state index contributed by atoms with van der Waals surface area (Å²) in [5.41, 5.74) is 15.5. The zero-order valence-corrected chi connectivity index (χ0v) is 19.7. The minimum absolute atomic E-state index is 0. The molecule has 1 atom stereocenters. The molecule has 2 aromatic carbocycles. The molecule has 0 radical (unpaired) electrons. The van der Waals surface area contributed by atoms with Gasteiger partial charge in [0.2, 0.25) is 0 Å². The standard InChI is InChI=1S/C22H25BrFN5.ClH/c1-4-6-14-9-17(23)20-18(10-14)29-19(28(5-2)27-22(29)25)12-26-21(20)16-11-15(24)8-7-13(16)3;/h7-11,19H,4-6,12H2,1-3H3,(H2,25,27);1H. The summed E-state index contributed by atoms with van der Waals surface area (Å²) in [5.74, 6) is 0.326. The van der Waals surface area contributed by atoms with Crippen LogP contribution in [0.3, 0.4) is 0 Å². The van der Waals surface area contributed by atoms with E-state index in [-0.39, 0.29) is 24.4 Å². The number of hydrogen-bond donors (Lipinski definition) is 2. The first-order chi connectivity index (χ1) is 13.9. The zero-order valence-electron chi connectivity index (χ0n) is 17.3. The van der Waals surface area contributed by atoms with Gasteiger partial charge in [-0.15, -0.1) is 5.01 Å². The summed E-state index contributed by atoms with van der Waals surface area (Å²) in [5, 5.41) is 2.09. The third-order valence-corrected chi connectivity index (χ3v) is 6.17. The van der Waals surface area contributed by atoms with Crippen molar-refractivity contribution in [2.75, 3.05) is 13.1 Å². The van der Waals surface area contributed by atoms with Crippen molar-refractivity contribution in [3.05, 3.63) is 62.9 Å². The molecule has 0 saturated heterocycles. The van der Waals surface area contributed by atoms with E-state index in [2.05, 4.69) is 56.9 Å². The first-order valence-corrected chi connectivity index (χ1v) is 10.8. The lowest BCUT2D eigenvalue weighted by molar-refractivity contribution is -0.496. The fourth-order valence-electron chi connectivity index (χ4n) is 4.16. The van der Waals surface area contributed by atoms with E-state index in [9.17, 15) is 4.39 Å². The highest BCUT2D eigenvalue weighted by atomic mass is 79.9. The molecule has 0 fully saturated rings. The molecule has 160 valence electrons. The van der Waals surface area contributed by atoms with Gasteiger partial charge < -0.3 is 12.4 Å². The Kier molecular flexibility index (Phi) is 6.84. The summed E-state index contributed by atoms with van der Waals surface area (Å²) in [6, 6.07) is 9.20. The van der Waals surface area contributed by atoms with Gasteiger partial charge >= 0.3 is 5.96 Å². The number of guanidine groups is 1. The topological polar surface area (TPSA) is 56.7 Å². The van der Waals surface area contributed by atoms with Crippen molar-refractivity contribution in [2.45, 2.75) is 39.8 Å². The van der Waals surface area contributed by atoms with Crippen LogP contribution in [0.5, 0.6) is 0 Å². The molecule has 2 aliphatic heterocycles. The van der Waals surface area contributed by atoms with Crippen LogP contribution in [0.2, 0.25) is 0 Å². The average molecular weight is 495 g/mol. The van der Waals surface area contributed by atoms with E-state index in [1.807, 2.05) is 6.92 Å². The van der Waals surface area contributed by atoms with Crippen LogP contribution < -0.4 is 23.6 Å². The van der Waals surface area contributed by atoms with Gasteiger partial charge in [0.25, 0.3) is 0 Å². The molecule has 8 heteroatoms. The van der Waals surface area contributed by atoms with Crippen molar-refractivity contribution in [3.8, 4) is 0 Å². The van der Waals surface area contributed by atoms with Crippen molar-refractivity contribution in [1.82, 2.24) is 10.4 Å². The summed E-state index contributed by atoms with van der Waals surface area (Å²) >= 11 is 3.78. The highest BCUT2D eigenvalue weighted by Crippen LogP contribution is 2.36. The van der Waals surface area contributed by atoms with Crippen LogP contribution in [0.15, 0.2) is 39.8 Å². The normalized spacial score (nSPS) is 18.2. The highest BCUT2D eigenvalue weighted by Gasteiger charge is 2.40. The number of hydrazine groups is 1. The number of aliphatic imine (C=N–C) groups is 1. The van der Waals surface area contributed by atoms with Crippen molar-refractivity contribution in [3.63, 3.8) is 0 Å². The number of benzene rings is 2. The zero-order chi connectivity index (χ0) is 20.7. The van der Waals surface area contributed by atoms with Gasteiger partial charge in [-0.25, -0.2) is 8.97 Å². The van der Waals surface area contributed by atoms with Gasteiger partial charge in [0.05, 0.1) is 17.8 Å². The molecule has 0 spiro atoms. The second-order valence-electron chi connectivity index (χ2n) is 7.50. The predicted octanol–water partition coefficient (Wildman–Crippen LogP) is 0.829. The Balaban J connectivity index is 0.00000256. The number of nitrogens with zero attached hydrogens (tertiary/aromatic N) is 3. The van der Waals surface area contributed by atoms with Gasteiger partial charge in [0, 0.05) is 16.6 Å². The minimum atomic E-state index is -0.263. The summed E-state index contributed by atoms with van der Waals surface area (Å²) in [6.45, 7) is 7.55. The Hall–Kier alpha value is -1.96. The minimum Gasteiger partial charge on any atom is -1.00 e. The SMILES string of the molecule is CCCc1cc(Br)c2c(c1)[N+]1=C(N)NN(CC)C1CN=C2c1cc(F)ccc1C.[Cl-]. The largest absolute Gasteiger partial charge is 1.00 e. The van der Waals surface area contributed by atoms with E-state index >= 15 is 0 Å². The van der Waals surface area contributed by atoms with Crippen molar-refractivity contribution >= 4 is 33.3 Å². The second-order valence-corrected chi connectivity index (χ2v) is 8.36. The van der Waals surface area contributed by atoms with Gasteiger partial charge in [0.15, 0.2) is 6.17 Å². The van der Waals surface area contributed by atoms with E-state index in [0.717, 1.165) is 51.9 Å². The van der Waals surface area contributed by atoms with Gasteiger partial charge in [-0.05, 0) is 71.6 Å². The Labute approximate surface area is 191 Å². The van der Waals surface area contributed by atoms with E-state index in [4.69, 9.17) is 10.7 Å². The number of likely N-dealkylation sites (N-methyl/N-ethyl adjacent to an activating group) is 1. The Bertz CT molecular complexity index is 1040. The number of rotatable bonds is 4. The maximum Gasteiger partial charge on any atom is 0.367 e. The fraction of sp³-hybridized carbons (Fsp3) is 0.364. The maximum atomic E-state index is 14.1. The smallest absolute Gasteiger partial charge is 0.367 e. The first-order valence-electron chi connectivity index (χ1n) is 10.0. The molecule has 4 rings (SSSR count). The fourth-order valence-corrected chi connectivity index (χ4v) is 4.85. The summed E-state index contributed by atoms with van der Waals surface area (Å²) in [6.07, 6.45) is 1.99. The third-order valence-electron chi connectivity index (χ3n) is 5.55. The number of fused-ring (bicyclic) bond motifs is 3. The van der Waals surface area contributed by atoms with Gasteiger partial charge in [0.1, 0.15) is 11.5 Å². The average Bonchev–Trinajstić information content (AvgIpc) is 2.90. The summed E-state index contributed by atoms with van der Waals surface area (Å²) in [7, 11) is 0. The van der Waals surface area contributed by atoms with E-state index in [1.165, 1.54) is 11.6 Å². The van der Waals surface area contributed by atoms with Crippen LogP contribution in [-0.2, 0) is 6.42 Å². The van der Waals surface area contributed by atoms with Crippen LogP contribution in [0.25, 0.3) is 0 Å². The Morgan fingerprint density at radius 2 is 2.07 bits per heavy atom. The van der Waals surface area contributed by atoms with Crippen molar-refractivity contribution in [2.24, 2.45) is 10.7 Å². The monoisotopic (exact) mass is 493 g/mol. The van der Waals surface area contributed by atoms with E-state index in [0.29, 0.717) is 12.5 Å². The second kappa shape index (κ2) is 9.04. The van der Waals surface area contributed by atoms with Crippen LogP contribution in [-0.4, -0.2) is 40.5 Å². The van der Waals surface area contributed by atoms with Gasteiger partial charge in [-0.1, -0.05) is 19.4 Å². The Morgan fingerprint density at radius 1 is 1.30 bits per heavy atom. The molecule has 0 aromatic heterocycles. The molecule has 0 amide bonds. The molecular formula is C22H26BrClFN5. The van der Waals surface area contributed by atoms with Gasteiger partial charge in [-0.2, -0.15) is 5.43 Å². The number of nitrogens with one attached hydrogen (secondary N) is 1. The first kappa shape index (κ1) is 22.7. The van der Waals surface area contributed by atoms with Crippen LogP contribution in [0.1, 0.15) is 42.5 Å². The predicted molar refractivity (Wildman–Crippen MR) is 118 cm³/mol. The van der Waals surface area contributed by atoms with E-state index in [1.54, 1.807) is 12.1 Å². The lowest BCUT2D eigenvalue weighted by Gasteiger charge is -2.19. The molecule has 5 nitrogen and oxygen atoms in total. The molecule has 0 bridgehead atoms. The number of aryl methyl sites for hydroxylation is 2. The molecule has 3 N–H and O–H groups in total. The van der Waals surface area contributed by atoms with Crippen molar-refractivity contribution < 1.29 is 21.4 Å².